The number of benzene rings is 2. The number of carbonyl (C=O) groups excluding carboxylic acids is 1. The zero-order valence-corrected chi connectivity index (χ0v) is 14.6. The SMILES string of the molecule is Cc1cccc(C(C)C)c1NC(=O)N(CCO)Cc1ccccc1. The fourth-order valence-electron chi connectivity index (χ4n) is 2.71. The van der Waals surface area contributed by atoms with Crippen molar-refractivity contribution in [2.75, 3.05) is 18.5 Å². The lowest BCUT2D eigenvalue weighted by molar-refractivity contribution is 0.185. The summed E-state index contributed by atoms with van der Waals surface area (Å²) in [4.78, 5) is 14.4. The first-order valence-corrected chi connectivity index (χ1v) is 8.33. The number of aliphatic hydroxyl groups excluding tert-OH is 1. The first-order valence-electron chi connectivity index (χ1n) is 8.33. The molecule has 0 atom stereocenters. The van der Waals surface area contributed by atoms with Crippen LogP contribution in [0.2, 0.25) is 0 Å². The van der Waals surface area contributed by atoms with Crippen molar-refractivity contribution >= 4 is 11.7 Å². The summed E-state index contributed by atoms with van der Waals surface area (Å²) in [5, 5.41) is 12.3. The number of urea groups is 1. The van der Waals surface area contributed by atoms with E-state index in [9.17, 15) is 9.90 Å². The number of para-hydroxylation sites is 1. The summed E-state index contributed by atoms with van der Waals surface area (Å²) in [6.07, 6.45) is 0. The van der Waals surface area contributed by atoms with Crippen LogP contribution in [0, 0.1) is 6.92 Å². The van der Waals surface area contributed by atoms with Crippen LogP contribution in [0.1, 0.15) is 36.5 Å². The molecule has 0 saturated carbocycles. The van der Waals surface area contributed by atoms with Crippen molar-refractivity contribution in [3.63, 3.8) is 0 Å². The predicted molar refractivity (Wildman–Crippen MR) is 98.2 cm³/mol. The Morgan fingerprint density at radius 2 is 1.83 bits per heavy atom. The molecule has 0 radical (unpaired) electrons. The number of hydrogen-bond donors (Lipinski definition) is 2. The molecule has 0 aromatic heterocycles. The number of nitrogens with one attached hydrogen (secondary N) is 1. The van der Waals surface area contributed by atoms with Crippen molar-refractivity contribution in [1.82, 2.24) is 4.90 Å². The van der Waals surface area contributed by atoms with Crippen molar-refractivity contribution in [1.29, 1.82) is 0 Å². The Kier molecular flexibility index (Phi) is 6.38. The lowest BCUT2D eigenvalue weighted by Gasteiger charge is -2.24. The van der Waals surface area contributed by atoms with Gasteiger partial charge in [0.05, 0.1) is 6.61 Å². The Bertz CT molecular complexity index is 669. The molecule has 0 aliphatic carbocycles. The van der Waals surface area contributed by atoms with Gasteiger partial charge in [0, 0.05) is 18.8 Å². The topological polar surface area (TPSA) is 52.6 Å². The third-order valence-corrected chi connectivity index (χ3v) is 4.03. The number of carbonyl (C=O) groups is 1. The highest BCUT2D eigenvalue weighted by atomic mass is 16.3. The summed E-state index contributed by atoms with van der Waals surface area (Å²) in [6, 6.07) is 15.7. The van der Waals surface area contributed by atoms with Crippen LogP contribution in [0.25, 0.3) is 0 Å². The van der Waals surface area contributed by atoms with Crippen LogP contribution in [-0.4, -0.2) is 29.2 Å². The molecule has 2 aromatic carbocycles. The lowest BCUT2D eigenvalue weighted by atomic mass is 9.98. The molecule has 0 bridgehead atoms. The van der Waals surface area contributed by atoms with Crippen LogP contribution in [0.15, 0.2) is 48.5 Å². The normalized spacial score (nSPS) is 10.7. The zero-order valence-electron chi connectivity index (χ0n) is 14.6. The molecule has 4 heteroatoms. The molecule has 0 aliphatic rings. The molecule has 0 aliphatic heterocycles. The average molecular weight is 326 g/mol. The smallest absolute Gasteiger partial charge is 0.322 e. The van der Waals surface area contributed by atoms with Gasteiger partial charge in [0.15, 0.2) is 0 Å². The van der Waals surface area contributed by atoms with E-state index in [1.165, 1.54) is 0 Å². The van der Waals surface area contributed by atoms with Crippen LogP contribution in [0.3, 0.4) is 0 Å². The highest BCUT2D eigenvalue weighted by Crippen LogP contribution is 2.27. The first-order chi connectivity index (χ1) is 11.5. The number of anilines is 1. The standard InChI is InChI=1S/C20H26N2O2/c1-15(2)18-11-7-8-16(3)19(18)21-20(24)22(12-13-23)14-17-9-5-4-6-10-17/h4-11,15,23H,12-14H2,1-3H3,(H,21,24). The van der Waals surface area contributed by atoms with Gasteiger partial charge < -0.3 is 15.3 Å². The van der Waals surface area contributed by atoms with Gasteiger partial charge in [0.2, 0.25) is 0 Å². The van der Waals surface area contributed by atoms with E-state index < -0.39 is 0 Å². The van der Waals surface area contributed by atoms with Gasteiger partial charge in [-0.1, -0.05) is 62.4 Å². The van der Waals surface area contributed by atoms with Gasteiger partial charge in [-0.3, -0.25) is 0 Å². The maximum atomic E-state index is 12.7. The fourth-order valence-corrected chi connectivity index (χ4v) is 2.71. The zero-order chi connectivity index (χ0) is 17.5. The highest BCUT2D eigenvalue weighted by molar-refractivity contribution is 5.91. The summed E-state index contributed by atoms with van der Waals surface area (Å²) < 4.78 is 0. The number of hydrogen-bond acceptors (Lipinski definition) is 2. The summed E-state index contributed by atoms with van der Waals surface area (Å²) in [7, 11) is 0. The van der Waals surface area contributed by atoms with Gasteiger partial charge in [-0.2, -0.15) is 0 Å². The lowest BCUT2D eigenvalue weighted by Crippen LogP contribution is -2.37. The van der Waals surface area contributed by atoms with Crippen LogP contribution >= 0.6 is 0 Å². The van der Waals surface area contributed by atoms with E-state index in [0.29, 0.717) is 19.0 Å². The molecule has 0 fully saturated rings. The molecule has 0 saturated heterocycles. The third-order valence-electron chi connectivity index (χ3n) is 4.03. The highest BCUT2D eigenvalue weighted by Gasteiger charge is 2.17. The Morgan fingerprint density at radius 1 is 1.12 bits per heavy atom. The Hall–Kier alpha value is -2.33. The molecule has 24 heavy (non-hydrogen) atoms. The summed E-state index contributed by atoms with van der Waals surface area (Å²) in [5.41, 5.74) is 4.06. The van der Waals surface area contributed by atoms with Gasteiger partial charge in [-0.15, -0.1) is 0 Å². The van der Waals surface area contributed by atoms with E-state index in [1.807, 2.05) is 55.5 Å². The van der Waals surface area contributed by atoms with Crippen molar-refractivity contribution in [2.24, 2.45) is 0 Å². The van der Waals surface area contributed by atoms with Crippen molar-refractivity contribution in [3.8, 4) is 0 Å². The molecule has 0 spiro atoms. The second-order valence-corrected chi connectivity index (χ2v) is 6.25. The van der Waals surface area contributed by atoms with Crippen LogP contribution in [-0.2, 0) is 6.54 Å². The number of nitrogens with zero attached hydrogens (tertiary/aromatic N) is 1. The van der Waals surface area contributed by atoms with E-state index in [1.54, 1.807) is 4.90 Å². The summed E-state index contributed by atoms with van der Waals surface area (Å²) in [6.45, 7) is 6.92. The third kappa shape index (κ3) is 4.59. The van der Waals surface area contributed by atoms with Gasteiger partial charge in [0.25, 0.3) is 0 Å². The molecule has 4 nitrogen and oxygen atoms in total. The van der Waals surface area contributed by atoms with Crippen LogP contribution in [0.5, 0.6) is 0 Å². The van der Waals surface area contributed by atoms with Crippen LogP contribution in [0.4, 0.5) is 10.5 Å². The van der Waals surface area contributed by atoms with Gasteiger partial charge in [0.1, 0.15) is 0 Å². The molecule has 0 unspecified atom stereocenters. The average Bonchev–Trinajstić information content (AvgIpc) is 2.57. The first kappa shape index (κ1) is 18.0. The monoisotopic (exact) mass is 326 g/mol. The quantitative estimate of drug-likeness (QED) is 0.838. The maximum Gasteiger partial charge on any atom is 0.322 e. The summed E-state index contributed by atoms with van der Waals surface area (Å²) in [5.74, 6) is 0.320. The second-order valence-electron chi connectivity index (χ2n) is 6.25. The van der Waals surface area contributed by atoms with Gasteiger partial charge in [-0.05, 0) is 29.5 Å². The minimum atomic E-state index is -0.191. The Morgan fingerprint density at radius 3 is 2.46 bits per heavy atom. The van der Waals surface area contributed by atoms with Gasteiger partial charge in [-0.25, -0.2) is 4.79 Å². The molecule has 2 rings (SSSR count). The predicted octanol–water partition coefficient (Wildman–Crippen LogP) is 4.14. The number of amides is 2. The number of aryl methyl sites for hydroxylation is 1. The molecule has 128 valence electrons. The molecule has 2 N–H and O–H groups in total. The number of rotatable bonds is 6. The molecule has 2 amide bonds. The number of aliphatic hydroxyl groups is 1. The fraction of sp³-hybridized carbons (Fsp3) is 0.350. The van der Waals surface area contributed by atoms with E-state index in [-0.39, 0.29) is 12.6 Å². The minimum absolute atomic E-state index is 0.0644. The summed E-state index contributed by atoms with van der Waals surface area (Å²) >= 11 is 0. The van der Waals surface area contributed by atoms with Gasteiger partial charge >= 0.3 is 6.03 Å². The Balaban J connectivity index is 2.19. The van der Waals surface area contributed by atoms with Crippen molar-refractivity contribution in [2.45, 2.75) is 33.2 Å². The van der Waals surface area contributed by atoms with E-state index in [2.05, 4.69) is 19.2 Å². The largest absolute Gasteiger partial charge is 0.395 e. The molecule has 2 aromatic rings. The minimum Gasteiger partial charge on any atom is -0.395 e. The van der Waals surface area contributed by atoms with E-state index >= 15 is 0 Å². The van der Waals surface area contributed by atoms with Crippen LogP contribution < -0.4 is 5.32 Å². The van der Waals surface area contributed by atoms with Crippen molar-refractivity contribution in [3.05, 3.63) is 65.2 Å². The van der Waals surface area contributed by atoms with E-state index in [0.717, 1.165) is 22.4 Å². The Labute approximate surface area is 144 Å². The maximum absolute atomic E-state index is 12.7. The molecular weight excluding hydrogens is 300 g/mol. The molecular formula is C20H26N2O2. The van der Waals surface area contributed by atoms with E-state index in [4.69, 9.17) is 0 Å². The van der Waals surface area contributed by atoms with Crippen molar-refractivity contribution < 1.29 is 9.90 Å². The second kappa shape index (κ2) is 8.50. The molecule has 0 heterocycles.